The molecule has 0 saturated carbocycles. The average molecular weight is 557 g/mol. The summed E-state index contributed by atoms with van der Waals surface area (Å²) in [6.45, 7) is 0.596. The molecule has 0 aliphatic carbocycles. The van der Waals surface area contributed by atoms with Gasteiger partial charge in [-0.2, -0.15) is 57.1 Å². The maximum Gasteiger partial charge on any atom is 0.460 e. The lowest BCUT2D eigenvalue weighted by Gasteiger charge is -2.39. The second-order valence-electron chi connectivity index (χ2n) is 6.65. The second-order valence-corrected chi connectivity index (χ2v) is 7.08. The van der Waals surface area contributed by atoms with Crippen LogP contribution in [0.4, 0.5) is 57.1 Å². The molecule has 1 aromatic carbocycles. The van der Waals surface area contributed by atoms with Gasteiger partial charge in [-0.25, -0.2) is 0 Å². The van der Waals surface area contributed by atoms with E-state index in [1.807, 2.05) is 0 Å². The molecule has 0 heterocycles. The number of allylic oxidation sites excluding steroid dienone is 2. The Hall–Kier alpha value is -2.72. The molecule has 1 rings (SSSR count). The molecule has 18 heteroatoms. The first-order chi connectivity index (χ1) is 15.4. The highest BCUT2D eigenvalue weighted by Crippen LogP contribution is 2.60. The van der Waals surface area contributed by atoms with E-state index in [2.05, 4.69) is 0 Å². The van der Waals surface area contributed by atoms with Crippen molar-refractivity contribution >= 4 is 23.3 Å². The van der Waals surface area contributed by atoms with Crippen LogP contribution in [0.15, 0.2) is 36.0 Å². The minimum Gasteiger partial charge on any atom is -0.303 e. The van der Waals surface area contributed by atoms with Crippen LogP contribution in [0.2, 0.25) is 5.02 Å². The molecule has 2 N–H and O–H groups in total. The minimum absolute atomic E-state index is 0.134. The lowest BCUT2D eigenvalue weighted by Crippen LogP contribution is -2.71. The monoisotopic (exact) mass is 556 g/mol. The van der Waals surface area contributed by atoms with Gasteiger partial charge in [-0.05, 0) is 31.2 Å². The molecule has 1 amide bonds. The van der Waals surface area contributed by atoms with Crippen LogP contribution >= 0.6 is 11.6 Å². The number of rotatable bonds is 9. The van der Waals surface area contributed by atoms with Gasteiger partial charge >= 0.3 is 35.8 Å². The van der Waals surface area contributed by atoms with Crippen molar-refractivity contribution in [2.45, 2.75) is 42.7 Å². The Balaban J connectivity index is 3.18. The third-order valence-electron chi connectivity index (χ3n) is 4.07. The summed E-state index contributed by atoms with van der Waals surface area (Å²) in [6.07, 6.45) is -8.18. The summed E-state index contributed by atoms with van der Waals surface area (Å²) in [5.41, 5.74) is 2.28. The Morgan fingerprint density at radius 2 is 1.14 bits per heavy atom. The van der Waals surface area contributed by atoms with E-state index in [0.29, 0.717) is 6.92 Å². The molecule has 0 fully saturated rings. The number of amides is 1. The van der Waals surface area contributed by atoms with Gasteiger partial charge in [-0.3, -0.25) is 15.0 Å². The van der Waals surface area contributed by atoms with Crippen molar-refractivity contribution in [3.05, 3.63) is 46.6 Å². The van der Waals surface area contributed by atoms with Crippen molar-refractivity contribution < 1.29 is 66.7 Å². The molecule has 0 saturated heterocycles. The number of alkyl halides is 13. The second kappa shape index (κ2) is 9.39. The van der Waals surface area contributed by atoms with Crippen molar-refractivity contribution in [3.63, 3.8) is 0 Å². The number of nitrogens with one attached hydrogen (secondary N) is 2. The number of ketones is 1. The highest BCUT2D eigenvalue weighted by atomic mass is 35.5. The van der Waals surface area contributed by atoms with Crippen LogP contribution in [0.5, 0.6) is 0 Å². The lowest BCUT2D eigenvalue weighted by molar-refractivity contribution is -0.435. The molecule has 198 valence electrons. The van der Waals surface area contributed by atoms with Crippen molar-refractivity contribution in [2.75, 3.05) is 0 Å². The molecular formula is C17H10ClF13N2O2. The van der Waals surface area contributed by atoms with Crippen LogP contribution in [0.25, 0.3) is 0 Å². The normalized spacial score (nSPS) is 14.5. The predicted octanol–water partition coefficient (Wildman–Crippen LogP) is 5.79. The maximum atomic E-state index is 13.8. The van der Waals surface area contributed by atoms with Gasteiger partial charge in [0.1, 0.15) is 0 Å². The molecule has 35 heavy (non-hydrogen) atoms. The number of halogens is 14. The largest absolute Gasteiger partial charge is 0.460 e. The average Bonchev–Trinajstić information content (AvgIpc) is 2.70. The molecular weight excluding hydrogens is 547 g/mol. The van der Waals surface area contributed by atoms with Crippen molar-refractivity contribution in [1.82, 2.24) is 10.9 Å². The van der Waals surface area contributed by atoms with E-state index in [-0.39, 0.29) is 10.6 Å². The maximum absolute atomic E-state index is 13.8. The summed E-state index contributed by atoms with van der Waals surface area (Å²) < 4.78 is 170. The Kier molecular flexibility index (Phi) is 8.13. The number of hydrogen-bond donors (Lipinski definition) is 2. The highest BCUT2D eigenvalue weighted by molar-refractivity contribution is 6.30. The fourth-order valence-corrected chi connectivity index (χ4v) is 2.20. The van der Waals surface area contributed by atoms with Crippen LogP contribution in [-0.2, 0) is 4.79 Å². The Bertz CT molecular complexity index is 989. The van der Waals surface area contributed by atoms with E-state index in [1.54, 1.807) is 10.9 Å². The summed E-state index contributed by atoms with van der Waals surface area (Å²) in [5, 5.41) is 0.190. The van der Waals surface area contributed by atoms with Crippen LogP contribution < -0.4 is 10.9 Å². The topological polar surface area (TPSA) is 58.2 Å². The summed E-state index contributed by atoms with van der Waals surface area (Å²) in [7, 11) is 0. The molecule has 4 nitrogen and oxygen atoms in total. The number of hydrogen-bond acceptors (Lipinski definition) is 3. The van der Waals surface area contributed by atoms with Gasteiger partial charge in [-0.1, -0.05) is 11.6 Å². The predicted molar refractivity (Wildman–Crippen MR) is 91.6 cm³/mol. The Morgan fingerprint density at radius 3 is 1.57 bits per heavy atom. The first-order valence-corrected chi connectivity index (χ1v) is 8.83. The number of carbonyl (C=O) groups excluding carboxylic acids is 2. The fourth-order valence-electron chi connectivity index (χ4n) is 2.08. The van der Waals surface area contributed by atoms with Gasteiger partial charge < -0.3 is 5.43 Å². The third-order valence-corrected chi connectivity index (χ3v) is 4.32. The molecule has 0 aliphatic rings. The van der Waals surface area contributed by atoms with Crippen molar-refractivity contribution in [1.29, 1.82) is 0 Å². The first kappa shape index (κ1) is 30.3. The smallest absolute Gasteiger partial charge is 0.303 e. The summed E-state index contributed by atoms with van der Waals surface area (Å²) in [5.74, 6) is -43.2. The number of hydrazine groups is 1. The molecule has 0 aromatic heterocycles. The molecule has 0 unspecified atom stereocenters. The molecule has 0 radical (unpaired) electrons. The van der Waals surface area contributed by atoms with E-state index in [0.717, 1.165) is 12.1 Å². The van der Waals surface area contributed by atoms with Crippen molar-refractivity contribution in [2.24, 2.45) is 0 Å². The lowest BCUT2D eigenvalue weighted by atomic mass is 9.92. The third kappa shape index (κ3) is 5.28. The van der Waals surface area contributed by atoms with Crippen molar-refractivity contribution in [3.8, 4) is 0 Å². The Morgan fingerprint density at radius 1 is 0.714 bits per heavy atom. The van der Waals surface area contributed by atoms with Gasteiger partial charge in [0.05, 0.1) is 0 Å². The molecule has 0 aliphatic heterocycles. The number of benzene rings is 1. The first-order valence-electron chi connectivity index (χ1n) is 8.45. The standard InChI is InChI=1S/C17H10ClF13N2O2/c1-7(32-33-11(35)8-2-4-9(18)5-3-8)6-10(34)12(19,20)13(21,22)14(23,24)15(25,26)16(27,28)17(29,30)31/h2-6,32H,1H3,(H,33,35). The van der Waals surface area contributed by atoms with E-state index in [9.17, 15) is 66.7 Å². The summed E-state index contributed by atoms with van der Waals surface area (Å²) >= 11 is 5.56. The fraction of sp³-hybridized carbons (Fsp3) is 0.412. The molecule has 0 atom stereocenters. The zero-order chi connectivity index (χ0) is 27.8. The van der Waals surface area contributed by atoms with E-state index in [1.165, 1.54) is 12.1 Å². The van der Waals surface area contributed by atoms with Crippen LogP contribution in [-0.4, -0.2) is 47.5 Å². The molecule has 0 bridgehead atoms. The van der Waals surface area contributed by atoms with Crippen LogP contribution in [0.1, 0.15) is 17.3 Å². The van der Waals surface area contributed by atoms with Gasteiger partial charge in [0.2, 0.25) is 5.78 Å². The van der Waals surface area contributed by atoms with Crippen LogP contribution in [0.3, 0.4) is 0 Å². The number of carbonyl (C=O) groups is 2. The molecule has 1 aromatic rings. The van der Waals surface area contributed by atoms with Gasteiger partial charge in [0.25, 0.3) is 5.91 Å². The zero-order valence-electron chi connectivity index (χ0n) is 16.5. The quantitative estimate of drug-likeness (QED) is 0.230. The van der Waals surface area contributed by atoms with Gasteiger partial charge in [0, 0.05) is 22.4 Å². The van der Waals surface area contributed by atoms with E-state index in [4.69, 9.17) is 11.6 Å². The van der Waals surface area contributed by atoms with E-state index < -0.39 is 59.3 Å². The zero-order valence-corrected chi connectivity index (χ0v) is 17.3. The van der Waals surface area contributed by atoms with Crippen LogP contribution in [0, 0.1) is 0 Å². The summed E-state index contributed by atoms with van der Waals surface area (Å²) in [6, 6.07) is 4.72. The minimum atomic E-state index is -8.12. The Labute approximate surface area is 191 Å². The summed E-state index contributed by atoms with van der Waals surface area (Å²) in [4.78, 5) is 23.2. The van der Waals surface area contributed by atoms with Gasteiger partial charge in [0.15, 0.2) is 0 Å². The SMILES string of the molecule is CC(=CC(=O)C(F)(F)C(F)(F)C(F)(F)C(F)(F)C(F)(F)C(F)(F)F)NNC(=O)c1ccc(Cl)cc1. The molecule has 0 spiro atoms. The highest BCUT2D eigenvalue weighted by Gasteiger charge is 2.91. The van der Waals surface area contributed by atoms with Gasteiger partial charge in [-0.15, -0.1) is 0 Å². The van der Waals surface area contributed by atoms with E-state index >= 15 is 0 Å².